The summed E-state index contributed by atoms with van der Waals surface area (Å²) in [6.45, 7) is 2.46. The molecular formula is C16H23F2N3O2. The van der Waals surface area contributed by atoms with Crippen LogP contribution in [-0.4, -0.2) is 42.9 Å². The fraction of sp³-hybridized carbons (Fsp3) is 0.500. The summed E-state index contributed by atoms with van der Waals surface area (Å²) in [5, 5.41) is 2.69. The van der Waals surface area contributed by atoms with Crippen molar-refractivity contribution in [2.75, 3.05) is 20.1 Å². The van der Waals surface area contributed by atoms with Gasteiger partial charge in [0.15, 0.2) is 0 Å². The van der Waals surface area contributed by atoms with Gasteiger partial charge >= 0.3 is 0 Å². The summed E-state index contributed by atoms with van der Waals surface area (Å²) < 4.78 is 26.6. The second kappa shape index (κ2) is 9.19. The minimum atomic E-state index is -0.591. The van der Waals surface area contributed by atoms with Gasteiger partial charge in [-0.15, -0.1) is 0 Å². The minimum Gasteiger partial charge on any atom is -0.356 e. The summed E-state index contributed by atoms with van der Waals surface area (Å²) in [4.78, 5) is 24.3. The third-order valence-electron chi connectivity index (χ3n) is 3.47. The number of hydrogen-bond donors (Lipinski definition) is 2. The van der Waals surface area contributed by atoms with Crippen LogP contribution in [0.5, 0.6) is 0 Å². The topological polar surface area (TPSA) is 75.4 Å². The van der Waals surface area contributed by atoms with Gasteiger partial charge in [0.2, 0.25) is 11.8 Å². The molecule has 128 valence electrons. The predicted octanol–water partition coefficient (Wildman–Crippen LogP) is 1.21. The van der Waals surface area contributed by atoms with Crippen LogP contribution < -0.4 is 11.1 Å². The molecular weight excluding hydrogens is 304 g/mol. The number of hydrogen-bond acceptors (Lipinski definition) is 3. The Kier molecular flexibility index (Phi) is 7.61. The van der Waals surface area contributed by atoms with Gasteiger partial charge in [0.05, 0.1) is 0 Å². The third kappa shape index (κ3) is 7.19. The first-order valence-electron chi connectivity index (χ1n) is 7.47. The molecule has 3 N–H and O–H groups in total. The summed E-state index contributed by atoms with van der Waals surface area (Å²) in [5.41, 5.74) is 5.98. The molecule has 0 saturated heterocycles. The molecule has 0 radical (unpaired) electrons. The Bertz CT molecular complexity index is 552. The van der Waals surface area contributed by atoms with Crippen LogP contribution in [0.25, 0.3) is 0 Å². The Labute approximate surface area is 134 Å². The zero-order valence-corrected chi connectivity index (χ0v) is 13.4. The van der Waals surface area contributed by atoms with Crippen molar-refractivity contribution in [1.82, 2.24) is 10.2 Å². The number of benzene rings is 1. The second-order valence-electron chi connectivity index (χ2n) is 5.55. The summed E-state index contributed by atoms with van der Waals surface area (Å²) in [7, 11) is 1.69. The molecule has 0 aliphatic heterocycles. The van der Waals surface area contributed by atoms with Crippen LogP contribution >= 0.6 is 0 Å². The molecule has 0 bridgehead atoms. The summed E-state index contributed by atoms with van der Waals surface area (Å²) in [6, 6.07) is 2.58. The van der Waals surface area contributed by atoms with Gasteiger partial charge in [-0.25, -0.2) is 8.78 Å². The van der Waals surface area contributed by atoms with E-state index >= 15 is 0 Å². The van der Waals surface area contributed by atoms with E-state index in [-0.39, 0.29) is 30.2 Å². The van der Waals surface area contributed by atoms with Crippen molar-refractivity contribution in [2.24, 2.45) is 5.73 Å². The van der Waals surface area contributed by atoms with E-state index in [1.54, 1.807) is 11.9 Å². The van der Waals surface area contributed by atoms with Gasteiger partial charge in [-0.05, 0) is 36.6 Å². The van der Waals surface area contributed by atoms with Gasteiger partial charge in [0, 0.05) is 39.5 Å². The first kappa shape index (κ1) is 19.0. The lowest BCUT2D eigenvalue weighted by Crippen LogP contribution is -2.35. The highest BCUT2D eigenvalue weighted by Crippen LogP contribution is 2.12. The Morgan fingerprint density at radius 2 is 2.04 bits per heavy atom. The third-order valence-corrected chi connectivity index (χ3v) is 3.47. The molecule has 1 atom stereocenters. The lowest BCUT2D eigenvalue weighted by atomic mass is 10.0. The fourth-order valence-corrected chi connectivity index (χ4v) is 2.07. The van der Waals surface area contributed by atoms with Gasteiger partial charge < -0.3 is 16.0 Å². The van der Waals surface area contributed by atoms with Gasteiger partial charge in [-0.1, -0.05) is 0 Å². The highest BCUT2D eigenvalue weighted by Gasteiger charge is 2.13. The molecule has 2 amide bonds. The SMILES string of the molecule is CC(=O)N(C)CCCNC(=O)C[C@H](N)Cc1cc(F)ccc1F. The maximum Gasteiger partial charge on any atom is 0.221 e. The van der Waals surface area contributed by atoms with Crippen LogP contribution in [0.1, 0.15) is 25.3 Å². The van der Waals surface area contributed by atoms with E-state index in [2.05, 4.69) is 5.32 Å². The van der Waals surface area contributed by atoms with Crippen molar-refractivity contribution in [1.29, 1.82) is 0 Å². The molecule has 0 spiro atoms. The number of halogens is 2. The quantitative estimate of drug-likeness (QED) is 0.705. The molecule has 0 saturated carbocycles. The van der Waals surface area contributed by atoms with Gasteiger partial charge in [0.25, 0.3) is 0 Å². The zero-order valence-electron chi connectivity index (χ0n) is 13.4. The summed E-state index contributed by atoms with van der Waals surface area (Å²) >= 11 is 0. The van der Waals surface area contributed by atoms with Crippen molar-refractivity contribution >= 4 is 11.8 Å². The maximum atomic E-state index is 13.5. The van der Waals surface area contributed by atoms with Crippen LogP contribution in [0, 0.1) is 11.6 Å². The molecule has 0 aliphatic rings. The van der Waals surface area contributed by atoms with Crippen LogP contribution in [0.15, 0.2) is 18.2 Å². The van der Waals surface area contributed by atoms with Crippen molar-refractivity contribution in [2.45, 2.75) is 32.2 Å². The number of rotatable bonds is 8. The van der Waals surface area contributed by atoms with Gasteiger partial charge in [0.1, 0.15) is 11.6 Å². The highest BCUT2D eigenvalue weighted by molar-refractivity contribution is 5.76. The fourth-order valence-electron chi connectivity index (χ4n) is 2.07. The summed E-state index contributed by atoms with van der Waals surface area (Å²) in [6.07, 6.45) is 0.748. The molecule has 0 aliphatic carbocycles. The molecule has 23 heavy (non-hydrogen) atoms. The van der Waals surface area contributed by atoms with Crippen molar-refractivity contribution in [3.63, 3.8) is 0 Å². The monoisotopic (exact) mass is 327 g/mol. The van der Waals surface area contributed by atoms with E-state index in [1.807, 2.05) is 0 Å². The van der Waals surface area contributed by atoms with Crippen LogP contribution in [0.2, 0.25) is 0 Å². The lowest BCUT2D eigenvalue weighted by molar-refractivity contribution is -0.127. The number of carbonyl (C=O) groups excluding carboxylic acids is 2. The molecule has 1 rings (SSSR count). The predicted molar refractivity (Wildman–Crippen MR) is 83.6 cm³/mol. The minimum absolute atomic E-state index is 0.0263. The second-order valence-corrected chi connectivity index (χ2v) is 5.55. The molecule has 5 nitrogen and oxygen atoms in total. The number of nitrogens with zero attached hydrogens (tertiary/aromatic N) is 1. The van der Waals surface area contributed by atoms with E-state index in [9.17, 15) is 18.4 Å². The average molecular weight is 327 g/mol. The Morgan fingerprint density at radius 3 is 2.70 bits per heavy atom. The van der Waals surface area contributed by atoms with E-state index in [4.69, 9.17) is 5.73 Å². The van der Waals surface area contributed by atoms with E-state index in [0.717, 1.165) is 18.2 Å². The van der Waals surface area contributed by atoms with Gasteiger partial charge in [-0.2, -0.15) is 0 Å². The van der Waals surface area contributed by atoms with Crippen molar-refractivity contribution in [3.8, 4) is 0 Å². The summed E-state index contributed by atoms with van der Waals surface area (Å²) in [5.74, 6) is -1.35. The molecule has 1 aromatic rings. The Balaban J connectivity index is 2.31. The first-order valence-corrected chi connectivity index (χ1v) is 7.47. The number of nitrogens with two attached hydrogens (primary N) is 1. The molecule has 0 unspecified atom stereocenters. The average Bonchev–Trinajstić information content (AvgIpc) is 2.46. The first-order chi connectivity index (χ1) is 10.8. The number of carbonyl (C=O) groups is 2. The standard InChI is InChI=1S/C16H23F2N3O2/c1-11(22)21(2)7-3-6-20-16(23)10-14(19)9-12-8-13(17)4-5-15(12)18/h4-5,8,14H,3,6-7,9-10,19H2,1-2H3,(H,20,23)/t14-/m1/s1. The van der Waals surface area contributed by atoms with Crippen LogP contribution in [-0.2, 0) is 16.0 Å². The molecule has 0 fully saturated rings. The maximum absolute atomic E-state index is 13.5. The highest BCUT2D eigenvalue weighted by atomic mass is 19.1. The van der Waals surface area contributed by atoms with Crippen LogP contribution in [0.4, 0.5) is 8.78 Å². The normalized spacial score (nSPS) is 11.9. The van der Waals surface area contributed by atoms with E-state index in [1.165, 1.54) is 6.92 Å². The number of amides is 2. The molecule has 1 aromatic carbocycles. The van der Waals surface area contributed by atoms with Crippen molar-refractivity contribution in [3.05, 3.63) is 35.4 Å². The lowest BCUT2D eigenvalue weighted by Gasteiger charge is -2.15. The van der Waals surface area contributed by atoms with Crippen LogP contribution in [0.3, 0.4) is 0 Å². The Morgan fingerprint density at radius 1 is 1.35 bits per heavy atom. The van der Waals surface area contributed by atoms with Gasteiger partial charge in [-0.3, -0.25) is 9.59 Å². The molecule has 0 heterocycles. The molecule has 0 aromatic heterocycles. The largest absolute Gasteiger partial charge is 0.356 e. The van der Waals surface area contributed by atoms with E-state index < -0.39 is 17.7 Å². The number of nitrogens with one attached hydrogen (secondary N) is 1. The zero-order chi connectivity index (χ0) is 17.4. The van der Waals surface area contributed by atoms with Crippen molar-refractivity contribution < 1.29 is 18.4 Å². The smallest absolute Gasteiger partial charge is 0.221 e. The Hall–Kier alpha value is -2.02. The van der Waals surface area contributed by atoms with E-state index in [0.29, 0.717) is 19.5 Å². The molecule has 7 heteroatoms.